The van der Waals surface area contributed by atoms with Gasteiger partial charge in [-0.2, -0.15) is 0 Å². The number of benzene rings is 2. The van der Waals surface area contributed by atoms with E-state index in [0.717, 1.165) is 22.1 Å². The van der Waals surface area contributed by atoms with Gasteiger partial charge in [0.1, 0.15) is 5.58 Å². The van der Waals surface area contributed by atoms with E-state index in [-0.39, 0.29) is 11.2 Å². The summed E-state index contributed by atoms with van der Waals surface area (Å²) in [6, 6.07) is 13.0. The molecule has 0 aliphatic rings. The van der Waals surface area contributed by atoms with Crippen molar-refractivity contribution in [3.8, 4) is 0 Å². The Hall–Kier alpha value is -2.86. The molecule has 6 heteroatoms. The highest BCUT2D eigenvalue weighted by Gasteiger charge is 2.15. The summed E-state index contributed by atoms with van der Waals surface area (Å²) in [6.45, 7) is 8.71. The van der Waals surface area contributed by atoms with Gasteiger partial charge < -0.3 is 4.42 Å². The summed E-state index contributed by atoms with van der Waals surface area (Å²) in [6.07, 6.45) is 0. The van der Waals surface area contributed by atoms with Crippen molar-refractivity contribution < 1.29 is 4.42 Å². The molecule has 2 aromatic carbocycles. The predicted octanol–water partition coefficient (Wildman–Crippen LogP) is 5.07. The van der Waals surface area contributed by atoms with Crippen LogP contribution in [0.5, 0.6) is 0 Å². The van der Waals surface area contributed by atoms with Crippen LogP contribution in [0.3, 0.4) is 0 Å². The van der Waals surface area contributed by atoms with Crippen LogP contribution in [0.15, 0.2) is 61.6 Å². The average molecular weight is 421 g/mol. The van der Waals surface area contributed by atoms with E-state index >= 15 is 0 Å². The van der Waals surface area contributed by atoms with E-state index in [0.29, 0.717) is 39.9 Å². The minimum Gasteiger partial charge on any atom is -0.422 e. The predicted molar refractivity (Wildman–Crippen MR) is 122 cm³/mol. The van der Waals surface area contributed by atoms with Gasteiger partial charge in [-0.25, -0.2) is 9.78 Å². The van der Waals surface area contributed by atoms with Crippen molar-refractivity contribution in [2.75, 3.05) is 0 Å². The molecule has 0 aliphatic carbocycles. The fourth-order valence-corrected chi connectivity index (χ4v) is 4.57. The molecule has 2 heterocycles. The second-order valence-corrected chi connectivity index (χ2v) is 8.93. The number of aryl methyl sites for hydroxylation is 2. The van der Waals surface area contributed by atoms with Gasteiger partial charge >= 0.3 is 5.63 Å². The van der Waals surface area contributed by atoms with Crippen LogP contribution in [0.25, 0.3) is 21.9 Å². The Morgan fingerprint density at radius 2 is 1.83 bits per heavy atom. The summed E-state index contributed by atoms with van der Waals surface area (Å²) in [5.74, 6) is 0.827. The van der Waals surface area contributed by atoms with Crippen LogP contribution in [0, 0.1) is 19.8 Å². The number of hydrogen-bond acceptors (Lipinski definition) is 5. The van der Waals surface area contributed by atoms with Gasteiger partial charge in [0.05, 0.1) is 10.9 Å². The zero-order valence-electron chi connectivity index (χ0n) is 17.6. The number of fused-ring (bicyclic) bond motifs is 2. The Morgan fingerprint density at radius 1 is 1.07 bits per heavy atom. The van der Waals surface area contributed by atoms with Crippen molar-refractivity contribution in [3.63, 3.8) is 0 Å². The molecule has 30 heavy (non-hydrogen) atoms. The lowest BCUT2D eigenvalue weighted by molar-refractivity contribution is 0.475. The number of hydrogen-bond donors (Lipinski definition) is 0. The molecule has 0 radical (unpaired) electrons. The Balaban J connectivity index is 1.80. The number of nitrogens with zero attached hydrogens (tertiary/aromatic N) is 2. The Morgan fingerprint density at radius 3 is 2.60 bits per heavy atom. The van der Waals surface area contributed by atoms with E-state index in [1.165, 1.54) is 17.8 Å². The van der Waals surface area contributed by atoms with Crippen molar-refractivity contribution in [3.05, 3.63) is 79.9 Å². The molecule has 0 amide bonds. The maximum Gasteiger partial charge on any atom is 0.336 e. The number of thioether (sulfide) groups is 1. The SMILES string of the molecule is Cc1ccc2c(CSc3nc4ccccc4c(=O)n3CC(C)C)cc(=O)oc2c1C. The minimum atomic E-state index is -0.363. The molecule has 0 saturated carbocycles. The van der Waals surface area contributed by atoms with E-state index in [1.54, 1.807) is 4.57 Å². The second-order valence-electron chi connectivity index (χ2n) is 7.98. The van der Waals surface area contributed by atoms with Crippen LogP contribution >= 0.6 is 11.8 Å². The van der Waals surface area contributed by atoms with Gasteiger partial charge in [-0.1, -0.05) is 49.9 Å². The topological polar surface area (TPSA) is 65.1 Å². The molecule has 5 nitrogen and oxygen atoms in total. The summed E-state index contributed by atoms with van der Waals surface area (Å²) >= 11 is 1.48. The van der Waals surface area contributed by atoms with E-state index in [1.807, 2.05) is 50.2 Å². The molecular weight excluding hydrogens is 396 g/mol. The normalized spacial score (nSPS) is 11.6. The number of aromatic nitrogens is 2. The first kappa shape index (κ1) is 20.4. The highest BCUT2D eigenvalue weighted by Crippen LogP contribution is 2.28. The highest BCUT2D eigenvalue weighted by atomic mass is 32.2. The van der Waals surface area contributed by atoms with E-state index in [9.17, 15) is 9.59 Å². The fraction of sp³-hybridized carbons (Fsp3) is 0.292. The van der Waals surface area contributed by atoms with Crippen molar-refractivity contribution in [2.24, 2.45) is 5.92 Å². The molecule has 0 bridgehead atoms. The molecule has 0 aliphatic heterocycles. The summed E-state index contributed by atoms with van der Waals surface area (Å²) in [5.41, 5.74) is 3.86. The molecular formula is C24H24N2O3S. The minimum absolute atomic E-state index is 0.0271. The fourth-order valence-electron chi connectivity index (χ4n) is 3.57. The molecule has 4 aromatic rings. The standard InChI is InChI=1S/C24H24N2O3S/c1-14(2)12-26-23(28)19-7-5-6-8-20(19)25-24(26)30-13-17-11-21(27)29-22-16(4)15(3)9-10-18(17)22/h5-11,14H,12-13H2,1-4H3. The van der Waals surface area contributed by atoms with Crippen LogP contribution in [0.1, 0.15) is 30.5 Å². The first-order chi connectivity index (χ1) is 14.3. The van der Waals surface area contributed by atoms with Crippen LogP contribution in [0.2, 0.25) is 0 Å². The lowest BCUT2D eigenvalue weighted by Crippen LogP contribution is -2.25. The van der Waals surface area contributed by atoms with Gasteiger partial charge in [-0.3, -0.25) is 9.36 Å². The van der Waals surface area contributed by atoms with Gasteiger partial charge in [0.2, 0.25) is 0 Å². The smallest absolute Gasteiger partial charge is 0.336 e. The first-order valence-electron chi connectivity index (χ1n) is 10.0. The van der Waals surface area contributed by atoms with Crippen molar-refractivity contribution in [1.82, 2.24) is 9.55 Å². The van der Waals surface area contributed by atoms with E-state index in [4.69, 9.17) is 9.40 Å². The molecule has 154 valence electrons. The molecule has 0 atom stereocenters. The van der Waals surface area contributed by atoms with E-state index in [2.05, 4.69) is 13.8 Å². The molecule has 0 spiro atoms. The van der Waals surface area contributed by atoms with Crippen LogP contribution in [-0.4, -0.2) is 9.55 Å². The summed E-state index contributed by atoms with van der Waals surface area (Å²) in [5, 5.41) is 2.21. The third-order valence-electron chi connectivity index (χ3n) is 5.25. The van der Waals surface area contributed by atoms with E-state index < -0.39 is 0 Å². The molecule has 2 aromatic heterocycles. The Bertz CT molecular complexity index is 1370. The Kier molecular flexibility index (Phi) is 5.52. The zero-order chi connectivity index (χ0) is 21.4. The van der Waals surface area contributed by atoms with Crippen LogP contribution < -0.4 is 11.2 Å². The van der Waals surface area contributed by atoms with Crippen molar-refractivity contribution in [2.45, 2.75) is 45.1 Å². The third kappa shape index (κ3) is 3.79. The van der Waals surface area contributed by atoms with Gasteiger partial charge in [0.15, 0.2) is 5.16 Å². The lowest BCUT2D eigenvalue weighted by Gasteiger charge is -2.15. The van der Waals surface area contributed by atoms with Crippen LogP contribution in [0.4, 0.5) is 0 Å². The second kappa shape index (κ2) is 8.11. The maximum absolute atomic E-state index is 13.1. The molecule has 0 unspecified atom stereocenters. The molecule has 0 saturated heterocycles. The highest BCUT2D eigenvalue weighted by molar-refractivity contribution is 7.98. The van der Waals surface area contributed by atoms with Crippen LogP contribution in [-0.2, 0) is 12.3 Å². The quantitative estimate of drug-likeness (QED) is 0.256. The first-order valence-corrected chi connectivity index (χ1v) is 11.0. The molecule has 0 N–H and O–H groups in total. The maximum atomic E-state index is 13.1. The lowest BCUT2D eigenvalue weighted by atomic mass is 10.0. The van der Waals surface area contributed by atoms with Gasteiger partial charge in [-0.05, 0) is 48.6 Å². The number of para-hydroxylation sites is 1. The number of rotatable bonds is 5. The summed E-state index contributed by atoms with van der Waals surface area (Å²) in [7, 11) is 0. The van der Waals surface area contributed by atoms with Gasteiger partial charge in [0, 0.05) is 23.8 Å². The monoisotopic (exact) mass is 420 g/mol. The van der Waals surface area contributed by atoms with Gasteiger partial charge in [-0.15, -0.1) is 0 Å². The zero-order valence-corrected chi connectivity index (χ0v) is 18.4. The largest absolute Gasteiger partial charge is 0.422 e. The summed E-state index contributed by atoms with van der Waals surface area (Å²) in [4.78, 5) is 30.0. The third-order valence-corrected chi connectivity index (χ3v) is 6.27. The van der Waals surface area contributed by atoms with Gasteiger partial charge in [0.25, 0.3) is 5.56 Å². The summed E-state index contributed by atoms with van der Waals surface area (Å²) < 4.78 is 7.23. The Labute approximate surface area is 178 Å². The molecule has 4 rings (SSSR count). The van der Waals surface area contributed by atoms with Crippen molar-refractivity contribution in [1.29, 1.82) is 0 Å². The van der Waals surface area contributed by atoms with Crippen molar-refractivity contribution >= 4 is 33.6 Å². The average Bonchev–Trinajstić information content (AvgIpc) is 2.71. The molecule has 0 fully saturated rings.